The van der Waals surface area contributed by atoms with E-state index in [1.54, 1.807) is 19.9 Å². The molecule has 2 amide bonds. The molecule has 0 saturated heterocycles. The summed E-state index contributed by atoms with van der Waals surface area (Å²) in [7, 11) is 0. The van der Waals surface area contributed by atoms with Gasteiger partial charge in [0.1, 0.15) is 11.6 Å². The standard InChI is InChI=1S/C18H20N6O3/c1-9-7-12(23-27-9)16(26)20-14-8-13(18(4,5)6)22-24(14)17-19-11(3)10(2)15(25)21-17/h7-8H,2H2,1,3-6H3,(H,20,26). The number of anilines is 1. The van der Waals surface area contributed by atoms with Gasteiger partial charge >= 0.3 is 0 Å². The summed E-state index contributed by atoms with van der Waals surface area (Å²) in [5.41, 5.74) is 1.21. The zero-order valence-electron chi connectivity index (χ0n) is 15.8. The van der Waals surface area contributed by atoms with Gasteiger partial charge in [-0.05, 0) is 13.8 Å². The number of aliphatic imine (C=N–C) groups is 2. The molecule has 1 aliphatic rings. The molecule has 0 unspecified atom stereocenters. The molecule has 0 bridgehead atoms. The second-order valence-electron chi connectivity index (χ2n) is 7.25. The summed E-state index contributed by atoms with van der Waals surface area (Å²) < 4.78 is 6.27. The zero-order valence-corrected chi connectivity index (χ0v) is 15.8. The molecular formula is C18H20N6O3. The lowest BCUT2D eigenvalue weighted by atomic mass is 9.92. The van der Waals surface area contributed by atoms with Gasteiger partial charge in [-0.2, -0.15) is 14.8 Å². The van der Waals surface area contributed by atoms with Crippen LogP contribution in [0.4, 0.5) is 5.82 Å². The molecule has 3 heterocycles. The van der Waals surface area contributed by atoms with Crippen LogP contribution in [-0.4, -0.2) is 38.4 Å². The van der Waals surface area contributed by atoms with Crippen molar-refractivity contribution < 1.29 is 14.1 Å². The monoisotopic (exact) mass is 368 g/mol. The number of carbonyl (C=O) groups excluding carboxylic acids is 2. The number of amides is 2. The van der Waals surface area contributed by atoms with E-state index < -0.39 is 11.8 Å². The van der Waals surface area contributed by atoms with Crippen LogP contribution in [-0.2, 0) is 10.2 Å². The largest absolute Gasteiger partial charge is 0.361 e. The molecule has 27 heavy (non-hydrogen) atoms. The van der Waals surface area contributed by atoms with Gasteiger partial charge in [-0.15, -0.1) is 0 Å². The number of hydrogen-bond acceptors (Lipinski definition) is 6. The lowest BCUT2D eigenvalue weighted by Crippen LogP contribution is -2.25. The first-order valence-corrected chi connectivity index (χ1v) is 8.29. The minimum atomic E-state index is -0.491. The Kier molecular flexibility index (Phi) is 4.38. The fraction of sp³-hybridized carbons (Fsp3) is 0.333. The highest BCUT2D eigenvalue weighted by Gasteiger charge is 2.26. The van der Waals surface area contributed by atoms with Crippen molar-refractivity contribution in [3.05, 3.63) is 41.4 Å². The molecule has 0 radical (unpaired) electrons. The van der Waals surface area contributed by atoms with E-state index >= 15 is 0 Å². The third-order valence-corrected chi connectivity index (χ3v) is 3.93. The number of aryl methyl sites for hydroxylation is 1. The minimum Gasteiger partial charge on any atom is -0.361 e. The van der Waals surface area contributed by atoms with Crippen molar-refractivity contribution in [2.24, 2.45) is 9.98 Å². The van der Waals surface area contributed by atoms with Crippen LogP contribution in [0.1, 0.15) is 49.6 Å². The molecule has 3 rings (SSSR count). The smallest absolute Gasteiger partial charge is 0.281 e. The molecule has 9 nitrogen and oxygen atoms in total. The van der Waals surface area contributed by atoms with E-state index in [2.05, 4.69) is 32.1 Å². The third kappa shape index (κ3) is 3.62. The first-order chi connectivity index (χ1) is 12.6. The van der Waals surface area contributed by atoms with Crippen LogP contribution < -0.4 is 5.32 Å². The molecule has 0 atom stereocenters. The topological polar surface area (TPSA) is 115 Å². The number of rotatable bonds is 2. The quantitative estimate of drug-likeness (QED) is 0.818. The fourth-order valence-corrected chi connectivity index (χ4v) is 2.29. The second-order valence-corrected chi connectivity index (χ2v) is 7.25. The SMILES string of the molecule is C=C1C(=O)N=C(n2nc(C(C)(C)C)cc2NC(=O)c2cc(C)on2)N=C1C. The molecule has 0 spiro atoms. The van der Waals surface area contributed by atoms with Gasteiger partial charge in [0.15, 0.2) is 5.69 Å². The summed E-state index contributed by atoms with van der Waals surface area (Å²) in [5.74, 6) is -0.0609. The van der Waals surface area contributed by atoms with E-state index in [0.717, 1.165) is 0 Å². The Balaban J connectivity index is 2.04. The number of hydrogen-bond donors (Lipinski definition) is 1. The van der Waals surface area contributed by atoms with Crippen LogP contribution in [0.2, 0.25) is 0 Å². The fourth-order valence-electron chi connectivity index (χ4n) is 2.29. The van der Waals surface area contributed by atoms with Crippen molar-refractivity contribution in [2.45, 2.75) is 40.0 Å². The van der Waals surface area contributed by atoms with E-state index in [1.807, 2.05) is 20.8 Å². The number of carbonyl (C=O) groups is 2. The van der Waals surface area contributed by atoms with Crippen molar-refractivity contribution in [3.63, 3.8) is 0 Å². The first-order valence-electron chi connectivity index (χ1n) is 8.29. The Morgan fingerprint density at radius 1 is 1.22 bits per heavy atom. The molecule has 9 heteroatoms. The van der Waals surface area contributed by atoms with Crippen LogP contribution in [0.5, 0.6) is 0 Å². The van der Waals surface area contributed by atoms with E-state index in [0.29, 0.717) is 23.0 Å². The zero-order chi connectivity index (χ0) is 19.9. The van der Waals surface area contributed by atoms with Crippen LogP contribution in [0.15, 0.2) is 38.8 Å². The maximum Gasteiger partial charge on any atom is 0.281 e. The lowest BCUT2D eigenvalue weighted by molar-refractivity contribution is -0.113. The van der Waals surface area contributed by atoms with Gasteiger partial charge in [-0.1, -0.05) is 32.5 Å². The first kappa shape index (κ1) is 18.4. The molecule has 0 aliphatic carbocycles. The van der Waals surface area contributed by atoms with Crippen LogP contribution in [0.25, 0.3) is 0 Å². The summed E-state index contributed by atoms with van der Waals surface area (Å²) in [5, 5.41) is 10.9. The molecule has 0 fully saturated rings. The Bertz CT molecular complexity index is 1020. The Labute approximate surface area is 155 Å². The van der Waals surface area contributed by atoms with E-state index in [9.17, 15) is 9.59 Å². The van der Waals surface area contributed by atoms with Gasteiger partial charge in [0.05, 0.1) is 17.0 Å². The molecule has 0 saturated carbocycles. The molecule has 2 aromatic heterocycles. The third-order valence-electron chi connectivity index (χ3n) is 3.93. The predicted octanol–water partition coefficient (Wildman–Crippen LogP) is 2.49. The second kappa shape index (κ2) is 6.42. The van der Waals surface area contributed by atoms with Crippen molar-refractivity contribution in [1.29, 1.82) is 0 Å². The number of aromatic nitrogens is 3. The van der Waals surface area contributed by atoms with E-state index in [-0.39, 0.29) is 22.6 Å². The van der Waals surface area contributed by atoms with Crippen molar-refractivity contribution in [1.82, 2.24) is 14.9 Å². The lowest BCUT2D eigenvalue weighted by Gasteiger charge is -2.14. The molecule has 2 aromatic rings. The van der Waals surface area contributed by atoms with Crippen LogP contribution in [0, 0.1) is 6.92 Å². The van der Waals surface area contributed by atoms with Crippen LogP contribution >= 0.6 is 0 Å². The van der Waals surface area contributed by atoms with Crippen LogP contribution in [0.3, 0.4) is 0 Å². The van der Waals surface area contributed by atoms with Crippen molar-refractivity contribution in [3.8, 4) is 0 Å². The molecular weight excluding hydrogens is 348 g/mol. The average Bonchev–Trinajstić information content (AvgIpc) is 3.18. The van der Waals surface area contributed by atoms with Gasteiger partial charge < -0.3 is 9.84 Å². The average molecular weight is 368 g/mol. The van der Waals surface area contributed by atoms with E-state index in [4.69, 9.17) is 4.52 Å². The van der Waals surface area contributed by atoms with Gasteiger partial charge in [0.25, 0.3) is 17.8 Å². The van der Waals surface area contributed by atoms with Crippen molar-refractivity contribution >= 4 is 29.3 Å². The summed E-state index contributed by atoms with van der Waals surface area (Å²) in [6, 6.07) is 3.24. The van der Waals surface area contributed by atoms with Gasteiger partial charge in [-0.25, -0.2) is 4.99 Å². The highest BCUT2D eigenvalue weighted by molar-refractivity contribution is 6.28. The predicted molar refractivity (Wildman–Crippen MR) is 100 cm³/mol. The molecule has 1 N–H and O–H groups in total. The molecule has 140 valence electrons. The number of nitrogens with zero attached hydrogens (tertiary/aromatic N) is 5. The highest BCUT2D eigenvalue weighted by Crippen LogP contribution is 2.25. The van der Waals surface area contributed by atoms with E-state index in [1.165, 1.54) is 10.7 Å². The highest BCUT2D eigenvalue weighted by atomic mass is 16.5. The summed E-state index contributed by atoms with van der Waals surface area (Å²) in [6.07, 6.45) is 0. The summed E-state index contributed by atoms with van der Waals surface area (Å²) in [4.78, 5) is 32.7. The number of nitrogens with one attached hydrogen (secondary N) is 1. The Morgan fingerprint density at radius 3 is 2.48 bits per heavy atom. The van der Waals surface area contributed by atoms with Gasteiger partial charge in [-0.3, -0.25) is 9.59 Å². The summed E-state index contributed by atoms with van der Waals surface area (Å²) >= 11 is 0. The Hall–Kier alpha value is -3.36. The summed E-state index contributed by atoms with van der Waals surface area (Å²) in [6.45, 7) is 13.0. The van der Waals surface area contributed by atoms with Gasteiger partial charge in [0, 0.05) is 17.5 Å². The van der Waals surface area contributed by atoms with Crippen molar-refractivity contribution in [2.75, 3.05) is 5.32 Å². The normalized spacial score (nSPS) is 14.9. The Morgan fingerprint density at radius 2 is 1.93 bits per heavy atom. The molecule has 1 aliphatic heterocycles. The minimum absolute atomic E-state index is 0.0621. The molecule has 0 aromatic carbocycles. The maximum atomic E-state index is 12.5. The maximum absolute atomic E-state index is 12.5. The van der Waals surface area contributed by atoms with Gasteiger partial charge in [0.2, 0.25) is 0 Å².